The smallest absolute Gasteiger partial charge is 0.251 e. The zero-order chi connectivity index (χ0) is 17.1. The van der Waals surface area contributed by atoms with E-state index in [1.54, 1.807) is 6.07 Å². The lowest BCUT2D eigenvalue weighted by molar-refractivity contribution is 0.654. The van der Waals surface area contributed by atoms with Gasteiger partial charge in [-0.15, -0.1) is 0 Å². The number of hydrogen-bond acceptors (Lipinski definition) is 3. The van der Waals surface area contributed by atoms with Gasteiger partial charge < -0.3 is 9.88 Å². The fraction of sp³-hybridized carbons (Fsp3) is 0.238. The molecular formula is C21H21N3O. The van der Waals surface area contributed by atoms with Gasteiger partial charge in [-0.3, -0.25) is 9.79 Å². The zero-order valence-corrected chi connectivity index (χ0v) is 14.1. The van der Waals surface area contributed by atoms with Crippen LogP contribution in [0, 0.1) is 0 Å². The number of aromatic nitrogens is 1. The topological polar surface area (TPSA) is 46.4 Å². The third kappa shape index (κ3) is 3.20. The Labute approximate surface area is 146 Å². The minimum absolute atomic E-state index is 0.0211. The Morgan fingerprint density at radius 2 is 1.84 bits per heavy atom. The summed E-state index contributed by atoms with van der Waals surface area (Å²) in [5.74, 6) is 0.835. The van der Waals surface area contributed by atoms with E-state index in [0.717, 1.165) is 37.5 Å². The van der Waals surface area contributed by atoms with Crippen LogP contribution < -0.4 is 10.9 Å². The Morgan fingerprint density at radius 1 is 1.00 bits per heavy atom. The lowest BCUT2D eigenvalue weighted by atomic mass is 10.0. The fourth-order valence-corrected chi connectivity index (χ4v) is 3.40. The number of amidine groups is 1. The van der Waals surface area contributed by atoms with Crippen molar-refractivity contribution in [3.05, 3.63) is 82.3 Å². The van der Waals surface area contributed by atoms with Gasteiger partial charge in [0, 0.05) is 25.7 Å². The van der Waals surface area contributed by atoms with E-state index >= 15 is 0 Å². The third-order valence-corrected chi connectivity index (χ3v) is 4.67. The van der Waals surface area contributed by atoms with Gasteiger partial charge in [-0.1, -0.05) is 48.5 Å². The van der Waals surface area contributed by atoms with Crippen LogP contribution in [0.2, 0.25) is 0 Å². The highest BCUT2D eigenvalue weighted by Gasteiger charge is 2.12. The van der Waals surface area contributed by atoms with Gasteiger partial charge in [0.2, 0.25) is 0 Å². The summed E-state index contributed by atoms with van der Waals surface area (Å²) in [6.45, 7) is 2.36. The van der Waals surface area contributed by atoms with Crippen molar-refractivity contribution in [2.24, 2.45) is 4.99 Å². The minimum Gasteiger partial charge on any atom is -0.369 e. The summed E-state index contributed by atoms with van der Waals surface area (Å²) in [6.07, 6.45) is 1.85. The highest BCUT2D eigenvalue weighted by molar-refractivity contribution is 5.97. The summed E-state index contributed by atoms with van der Waals surface area (Å²) in [4.78, 5) is 17.0. The summed E-state index contributed by atoms with van der Waals surface area (Å²) < 4.78 is 1.83. The second kappa shape index (κ2) is 6.93. The molecule has 1 aliphatic heterocycles. The van der Waals surface area contributed by atoms with E-state index in [9.17, 15) is 4.79 Å². The summed E-state index contributed by atoms with van der Waals surface area (Å²) in [5.41, 5.74) is 2.17. The maximum absolute atomic E-state index is 12.4. The van der Waals surface area contributed by atoms with Crippen molar-refractivity contribution in [2.75, 3.05) is 13.1 Å². The maximum Gasteiger partial charge on any atom is 0.251 e. The second-order valence-electron chi connectivity index (χ2n) is 6.30. The number of fused-ring (bicyclic) bond motifs is 1. The number of rotatable bonds is 4. The largest absolute Gasteiger partial charge is 0.369 e. The van der Waals surface area contributed by atoms with Crippen LogP contribution in [0.4, 0.5) is 0 Å². The Morgan fingerprint density at radius 3 is 2.72 bits per heavy atom. The van der Waals surface area contributed by atoms with Gasteiger partial charge >= 0.3 is 0 Å². The Hall–Kier alpha value is -2.88. The van der Waals surface area contributed by atoms with Gasteiger partial charge in [-0.2, -0.15) is 0 Å². The highest BCUT2D eigenvalue weighted by Crippen LogP contribution is 2.19. The molecule has 0 atom stereocenters. The number of pyridine rings is 1. The molecule has 0 bridgehead atoms. The van der Waals surface area contributed by atoms with E-state index in [4.69, 9.17) is 0 Å². The van der Waals surface area contributed by atoms with Gasteiger partial charge in [-0.25, -0.2) is 0 Å². The van der Waals surface area contributed by atoms with Crippen molar-refractivity contribution in [2.45, 2.75) is 19.4 Å². The number of nitrogens with one attached hydrogen (secondary N) is 1. The molecule has 0 aliphatic carbocycles. The van der Waals surface area contributed by atoms with Crippen LogP contribution in [0.15, 0.2) is 70.5 Å². The van der Waals surface area contributed by atoms with Gasteiger partial charge in [0.05, 0.1) is 5.69 Å². The SMILES string of the molecule is O=c1cccc(C2=NCCCN2)n1CCc1cccc2ccccc12. The van der Waals surface area contributed by atoms with E-state index in [2.05, 4.69) is 52.8 Å². The summed E-state index contributed by atoms with van der Waals surface area (Å²) in [5, 5.41) is 5.81. The first-order chi connectivity index (χ1) is 12.3. The van der Waals surface area contributed by atoms with Crippen LogP contribution >= 0.6 is 0 Å². The molecule has 0 unspecified atom stereocenters. The van der Waals surface area contributed by atoms with E-state index < -0.39 is 0 Å². The van der Waals surface area contributed by atoms with Gasteiger partial charge in [0.15, 0.2) is 0 Å². The molecule has 0 amide bonds. The van der Waals surface area contributed by atoms with Gasteiger partial charge in [0.25, 0.3) is 5.56 Å². The molecule has 4 nitrogen and oxygen atoms in total. The molecule has 2 aromatic carbocycles. The van der Waals surface area contributed by atoms with Crippen LogP contribution in [-0.2, 0) is 13.0 Å². The van der Waals surface area contributed by atoms with Crippen molar-refractivity contribution < 1.29 is 0 Å². The van der Waals surface area contributed by atoms with Crippen LogP contribution in [0.5, 0.6) is 0 Å². The quantitative estimate of drug-likeness (QED) is 0.799. The van der Waals surface area contributed by atoms with Crippen LogP contribution in [0.1, 0.15) is 17.7 Å². The molecule has 126 valence electrons. The molecule has 4 rings (SSSR count). The van der Waals surface area contributed by atoms with Crippen molar-refractivity contribution in [1.82, 2.24) is 9.88 Å². The molecule has 0 saturated heterocycles. The lowest BCUT2D eigenvalue weighted by Gasteiger charge is -2.19. The molecule has 0 radical (unpaired) electrons. The van der Waals surface area contributed by atoms with Crippen LogP contribution in [0.3, 0.4) is 0 Å². The standard InChI is InChI=1S/C21H21N3O/c25-20-11-4-10-19(21-22-13-5-14-23-21)24(20)15-12-17-8-3-7-16-6-1-2-9-18(16)17/h1-4,6-11H,5,12-15H2,(H,22,23). The molecule has 2 heterocycles. The lowest BCUT2D eigenvalue weighted by Crippen LogP contribution is -2.36. The first kappa shape index (κ1) is 15.6. The average Bonchev–Trinajstić information content (AvgIpc) is 2.67. The number of aryl methyl sites for hydroxylation is 1. The molecule has 0 fully saturated rings. The Balaban J connectivity index is 1.67. The maximum atomic E-state index is 12.4. The van der Waals surface area contributed by atoms with E-state index in [0.29, 0.717) is 6.54 Å². The Bertz CT molecular complexity index is 982. The number of hydrogen-bond donors (Lipinski definition) is 1. The normalized spacial score (nSPS) is 14.2. The number of aliphatic imine (C=N–C) groups is 1. The average molecular weight is 331 g/mol. The van der Waals surface area contributed by atoms with Crippen LogP contribution in [0.25, 0.3) is 10.8 Å². The fourth-order valence-electron chi connectivity index (χ4n) is 3.40. The van der Waals surface area contributed by atoms with Crippen molar-refractivity contribution in [3.8, 4) is 0 Å². The van der Waals surface area contributed by atoms with Gasteiger partial charge in [0.1, 0.15) is 5.84 Å². The van der Waals surface area contributed by atoms with Gasteiger partial charge in [-0.05, 0) is 35.2 Å². The third-order valence-electron chi connectivity index (χ3n) is 4.67. The first-order valence-corrected chi connectivity index (χ1v) is 8.78. The molecule has 0 saturated carbocycles. The molecular weight excluding hydrogens is 310 g/mol. The molecule has 3 aromatic rings. The molecule has 4 heteroatoms. The van der Waals surface area contributed by atoms with Crippen molar-refractivity contribution >= 4 is 16.6 Å². The molecule has 25 heavy (non-hydrogen) atoms. The number of benzene rings is 2. The zero-order valence-electron chi connectivity index (χ0n) is 14.1. The monoisotopic (exact) mass is 331 g/mol. The first-order valence-electron chi connectivity index (χ1n) is 8.78. The molecule has 1 aliphatic rings. The summed E-state index contributed by atoms with van der Waals surface area (Å²) in [7, 11) is 0. The summed E-state index contributed by atoms with van der Waals surface area (Å²) >= 11 is 0. The predicted molar refractivity (Wildman–Crippen MR) is 102 cm³/mol. The Kier molecular flexibility index (Phi) is 4.34. The van der Waals surface area contributed by atoms with Crippen molar-refractivity contribution in [3.63, 3.8) is 0 Å². The second-order valence-corrected chi connectivity index (χ2v) is 6.30. The van der Waals surface area contributed by atoms with E-state index in [1.807, 2.05) is 16.7 Å². The molecule has 0 spiro atoms. The van der Waals surface area contributed by atoms with E-state index in [-0.39, 0.29) is 5.56 Å². The molecule has 1 N–H and O–H groups in total. The van der Waals surface area contributed by atoms with E-state index in [1.165, 1.54) is 16.3 Å². The summed E-state index contributed by atoms with van der Waals surface area (Å²) in [6, 6.07) is 20.1. The molecule has 1 aromatic heterocycles. The number of nitrogens with zero attached hydrogens (tertiary/aromatic N) is 2. The highest BCUT2D eigenvalue weighted by atomic mass is 16.1. The van der Waals surface area contributed by atoms with Crippen molar-refractivity contribution in [1.29, 1.82) is 0 Å². The predicted octanol–water partition coefficient (Wildman–Crippen LogP) is 2.98. The van der Waals surface area contributed by atoms with Crippen LogP contribution in [-0.4, -0.2) is 23.5 Å². The minimum atomic E-state index is 0.0211.